The van der Waals surface area contributed by atoms with Gasteiger partial charge in [0.15, 0.2) is 0 Å². The van der Waals surface area contributed by atoms with Gasteiger partial charge in [0.1, 0.15) is 5.41 Å². The van der Waals surface area contributed by atoms with Crippen LogP contribution in [0.2, 0.25) is 0 Å². The van der Waals surface area contributed by atoms with Crippen LogP contribution in [0.1, 0.15) is 22.3 Å². The Morgan fingerprint density at radius 1 is 0.420 bits per heavy atom. The Kier molecular flexibility index (Phi) is 7.34. The van der Waals surface area contributed by atoms with Crippen molar-refractivity contribution in [2.75, 3.05) is 4.90 Å². The molecule has 0 heterocycles. The number of hydrogen-bond acceptors (Lipinski definition) is 1. The quantitative estimate of drug-likeness (QED) is 0.170. The molecule has 8 aromatic carbocycles. The molecule has 0 amide bonds. The summed E-state index contributed by atoms with van der Waals surface area (Å²) in [6.45, 7) is 0. The third-order valence-corrected chi connectivity index (χ3v) is 9.89. The molecule has 1 heteroatoms. The molecule has 1 atom stereocenters. The van der Waals surface area contributed by atoms with Crippen LogP contribution in [-0.2, 0) is 5.41 Å². The lowest BCUT2D eigenvalue weighted by Gasteiger charge is -2.30. The van der Waals surface area contributed by atoms with Gasteiger partial charge in [-0.2, -0.15) is 0 Å². The fraction of sp³-hybridized carbons (Fsp3) is 0.0204. The van der Waals surface area contributed by atoms with Crippen molar-refractivity contribution in [1.82, 2.24) is 0 Å². The summed E-state index contributed by atoms with van der Waals surface area (Å²) < 4.78 is 0. The number of fused-ring (bicyclic) bond motifs is 4. The number of nitrogens with zero attached hydrogens (tertiary/aromatic N) is 1. The Morgan fingerprint density at radius 3 is 1.80 bits per heavy atom. The number of anilines is 3. The fourth-order valence-corrected chi connectivity index (χ4v) is 7.57. The minimum atomic E-state index is -0.661. The highest BCUT2D eigenvalue weighted by Crippen LogP contribution is 2.56. The Morgan fingerprint density at radius 2 is 1.02 bits per heavy atom. The Bertz CT molecular complexity index is 2520. The van der Waals surface area contributed by atoms with Gasteiger partial charge < -0.3 is 4.90 Å². The fourth-order valence-electron chi connectivity index (χ4n) is 7.57. The highest BCUT2D eigenvalue weighted by atomic mass is 15.1. The largest absolute Gasteiger partial charge is 0.310 e. The highest BCUT2D eigenvalue weighted by Gasteiger charge is 2.45. The Hall–Kier alpha value is -6.62. The maximum Gasteiger partial charge on any atom is 0.108 e. The molecule has 0 spiro atoms. The van der Waals surface area contributed by atoms with Gasteiger partial charge in [0, 0.05) is 22.5 Å². The van der Waals surface area contributed by atoms with E-state index >= 15 is 0 Å². The van der Waals surface area contributed by atoms with Gasteiger partial charge in [0.05, 0.1) is 5.69 Å². The normalized spacial score (nSPS) is 14.3. The third-order valence-electron chi connectivity index (χ3n) is 9.89. The van der Waals surface area contributed by atoms with Crippen molar-refractivity contribution in [1.29, 1.82) is 0 Å². The topological polar surface area (TPSA) is 3.24 Å². The van der Waals surface area contributed by atoms with E-state index in [0.29, 0.717) is 0 Å². The monoisotopic (exact) mass is 635 g/mol. The van der Waals surface area contributed by atoms with E-state index in [4.69, 9.17) is 0 Å². The maximum absolute atomic E-state index is 3.87. The van der Waals surface area contributed by atoms with E-state index in [0.717, 1.165) is 28.2 Å². The molecule has 1 aliphatic carbocycles. The van der Waals surface area contributed by atoms with Gasteiger partial charge in [-0.05, 0) is 86.6 Å². The maximum atomic E-state index is 3.87. The van der Waals surface area contributed by atoms with Crippen molar-refractivity contribution in [2.24, 2.45) is 0 Å². The lowest BCUT2D eigenvalue weighted by molar-refractivity contribution is 0.837. The van der Waals surface area contributed by atoms with Gasteiger partial charge in [-0.1, -0.05) is 170 Å². The van der Waals surface area contributed by atoms with Crippen LogP contribution in [0.5, 0.6) is 0 Å². The second-order valence-electron chi connectivity index (χ2n) is 12.8. The van der Waals surface area contributed by atoms with Crippen LogP contribution < -0.4 is 4.90 Å². The zero-order chi connectivity index (χ0) is 33.3. The van der Waals surface area contributed by atoms with Gasteiger partial charge in [0.25, 0.3) is 0 Å². The smallest absolute Gasteiger partial charge is 0.108 e. The third kappa shape index (κ3) is 4.98. The van der Waals surface area contributed by atoms with E-state index in [2.05, 4.69) is 211 Å². The molecular weight excluding hydrogens is 603 g/mol. The van der Waals surface area contributed by atoms with Crippen LogP contribution in [0, 0.1) is 11.8 Å². The minimum absolute atomic E-state index is 0.661. The first-order valence-electron chi connectivity index (χ1n) is 17.1. The molecular formula is C49H33N. The first-order valence-corrected chi connectivity index (χ1v) is 17.1. The zero-order valence-corrected chi connectivity index (χ0v) is 27.5. The summed E-state index contributed by atoms with van der Waals surface area (Å²) in [6, 6.07) is 71.6. The van der Waals surface area contributed by atoms with E-state index < -0.39 is 5.41 Å². The summed E-state index contributed by atoms with van der Waals surface area (Å²) >= 11 is 0. The van der Waals surface area contributed by atoms with E-state index in [1.807, 2.05) is 6.07 Å². The lowest BCUT2D eigenvalue weighted by atomic mass is 9.73. The van der Waals surface area contributed by atoms with Crippen molar-refractivity contribution >= 4 is 27.8 Å². The zero-order valence-electron chi connectivity index (χ0n) is 27.5. The summed E-state index contributed by atoms with van der Waals surface area (Å²) in [4.78, 5) is 2.42. The SMILES string of the molecule is C(#CC1(c2ccccc2)c2ccccc2-c2c(N(c3ccc(-c4ccccc4)cc3)c3ccc4ccccc4c3)cccc21)c1ccccc1. The van der Waals surface area contributed by atoms with Crippen LogP contribution in [0.15, 0.2) is 200 Å². The highest BCUT2D eigenvalue weighted by molar-refractivity contribution is 5.98. The second kappa shape index (κ2) is 12.4. The van der Waals surface area contributed by atoms with E-state index in [1.54, 1.807) is 0 Å². The first kappa shape index (κ1) is 29.5. The van der Waals surface area contributed by atoms with Crippen molar-refractivity contribution in [3.63, 3.8) is 0 Å². The van der Waals surface area contributed by atoms with Crippen LogP contribution in [-0.4, -0.2) is 0 Å². The lowest BCUT2D eigenvalue weighted by Crippen LogP contribution is -2.25. The number of rotatable bonds is 5. The molecule has 0 bridgehead atoms. The van der Waals surface area contributed by atoms with E-state index in [1.165, 1.54) is 44.2 Å². The van der Waals surface area contributed by atoms with Crippen LogP contribution >= 0.6 is 0 Å². The van der Waals surface area contributed by atoms with Crippen molar-refractivity contribution in [2.45, 2.75) is 5.41 Å². The van der Waals surface area contributed by atoms with Gasteiger partial charge >= 0.3 is 0 Å². The standard InChI is InChI=1S/C49H33N/c1-4-15-36(16-5-1)33-34-49(41-21-8-3-9-22-41)45-24-13-12-23-44(45)48-46(49)25-14-26-47(48)50(43-32-29-38-19-10-11-20-40(38)35-43)42-30-27-39(28-31-42)37-17-6-2-7-18-37/h1-32,35H. The van der Waals surface area contributed by atoms with E-state index in [-0.39, 0.29) is 0 Å². The van der Waals surface area contributed by atoms with Crippen molar-refractivity contribution < 1.29 is 0 Å². The molecule has 8 aromatic rings. The molecule has 234 valence electrons. The van der Waals surface area contributed by atoms with Crippen molar-refractivity contribution in [3.05, 3.63) is 222 Å². The molecule has 0 saturated carbocycles. The summed E-state index contributed by atoms with van der Waals surface area (Å²) in [5, 5.41) is 2.43. The average Bonchev–Trinajstić information content (AvgIpc) is 3.49. The molecule has 50 heavy (non-hydrogen) atoms. The van der Waals surface area contributed by atoms with Gasteiger partial charge in [-0.3, -0.25) is 0 Å². The minimum Gasteiger partial charge on any atom is -0.310 e. The molecule has 1 nitrogen and oxygen atoms in total. The molecule has 1 unspecified atom stereocenters. The molecule has 0 aromatic heterocycles. The molecule has 1 aliphatic rings. The van der Waals surface area contributed by atoms with Gasteiger partial charge in [0.2, 0.25) is 0 Å². The van der Waals surface area contributed by atoms with Crippen molar-refractivity contribution in [3.8, 4) is 34.1 Å². The van der Waals surface area contributed by atoms with Crippen LogP contribution in [0.3, 0.4) is 0 Å². The van der Waals surface area contributed by atoms with Crippen LogP contribution in [0.25, 0.3) is 33.0 Å². The molecule has 0 N–H and O–H groups in total. The molecule has 0 radical (unpaired) electrons. The molecule has 0 aliphatic heterocycles. The summed E-state index contributed by atoms with van der Waals surface area (Å²) in [6.07, 6.45) is 0. The number of hydrogen-bond donors (Lipinski definition) is 0. The predicted octanol–water partition coefficient (Wildman–Crippen LogP) is 12.3. The Labute approximate surface area is 293 Å². The average molecular weight is 636 g/mol. The van der Waals surface area contributed by atoms with Gasteiger partial charge in [-0.25, -0.2) is 0 Å². The van der Waals surface area contributed by atoms with Gasteiger partial charge in [-0.15, -0.1) is 0 Å². The first-order chi connectivity index (χ1) is 24.8. The molecule has 0 fully saturated rings. The van der Waals surface area contributed by atoms with Crippen LogP contribution in [0.4, 0.5) is 17.1 Å². The summed E-state index contributed by atoms with van der Waals surface area (Å²) in [7, 11) is 0. The predicted molar refractivity (Wildman–Crippen MR) is 209 cm³/mol. The summed E-state index contributed by atoms with van der Waals surface area (Å²) in [5.74, 6) is 7.47. The Balaban J connectivity index is 1.31. The summed E-state index contributed by atoms with van der Waals surface area (Å²) in [5.41, 5.74) is 12.0. The van der Waals surface area contributed by atoms with E-state index in [9.17, 15) is 0 Å². The molecule has 9 rings (SSSR count). The second-order valence-corrected chi connectivity index (χ2v) is 12.8. The molecule has 0 saturated heterocycles. The number of benzene rings is 8.